The highest BCUT2D eigenvalue weighted by Crippen LogP contribution is 2.23. The second-order valence-electron chi connectivity index (χ2n) is 7.54. The van der Waals surface area contributed by atoms with Gasteiger partial charge in [-0.2, -0.15) is 5.10 Å². The SMILES string of the molecule is Cc1cc(N(C)C2CCN(C(=O)c3cnn(-c4ccccc4)c3C)CC2)ncn1. The Bertz CT molecular complexity index is 992. The third-order valence-electron chi connectivity index (χ3n) is 5.69. The van der Waals surface area contributed by atoms with Crippen LogP contribution >= 0.6 is 0 Å². The molecule has 0 atom stereocenters. The highest BCUT2D eigenvalue weighted by Gasteiger charge is 2.28. The number of carbonyl (C=O) groups excluding carboxylic acids is 1. The van der Waals surface area contributed by atoms with Gasteiger partial charge in [-0.05, 0) is 38.8 Å². The van der Waals surface area contributed by atoms with Crippen molar-refractivity contribution in [2.75, 3.05) is 25.0 Å². The zero-order valence-corrected chi connectivity index (χ0v) is 17.1. The van der Waals surface area contributed by atoms with E-state index in [0.717, 1.165) is 48.8 Å². The zero-order valence-electron chi connectivity index (χ0n) is 17.1. The Morgan fingerprint density at radius 3 is 2.52 bits per heavy atom. The van der Waals surface area contributed by atoms with E-state index in [9.17, 15) is 4.79 Å². The number of aromatic nitrogens is 4. The topological polar surface area (TPSA) is 67.2 Å². The molecule has 1 fully saturated rings. The summed E-state index contributed by atoms with van der Waals surface area (Å²) < 4.78 is 1.82. The molecule has 1 aliphatic heterocycles. The van der Waals surface area contributed by atoms with Crippen LogP contribution in [0.5, 0.6) is 0 Å². The highest BCUT2D eigenvalue weighted by atomic mass is 16.2. The lowest BCUT2D eigenvalue weighted by Crippen LogP contribution is -2.46. The van der Waals surface area contributed by atoms with Crippen LogP contribution < -0.4 is 4.90 Å². The standard InChI is InChI=1S/C22H26N6O/c1-16-13-21(24-15-23-16)26(3)18-9-11-27(12-10-18)22(29)20-14-25-28(17(20)2)19-7-5-4-6-8-19/h4-8,13-15,18H,9-12H2,1-3H3. The van der Waals surface area contributed by atoms with Gasteiger partial charge in [0.05, 0.1) is 23.1 Å². The second-order valence-corrected chi connectivity index (χ2v) is 7.54. The predicted octanol–water partition coefficient (Wildman–Crippen LogP) is 3.02. The Labute approximate surface area is 171 Å². The molecule has 29 heavy (non-hydrogen) atoms. The van der Waals surface area contributed by atoms with Crippen molar-refractivity contribution in [3.8, 4) is 5.69 Å². The van der Waals surface area contributed by atoms with Crippen molar-refractivity contribution in [1.29, 1.82) is 0 Å². The van der Waals surface area contributed by atoms with E-state index in [1.54, 1.807) is 12.5 Å². The third-order valence-corrected chi connectivity index (χ3v) is 5.69. The number of hydrogen-bond acceptors (Lipinski definition) is 5. The van der Waals surface area contributed by atoms with Crippen LogP contribution in [0.4, 0.5) is 5.82 Å². The van der Waals surface area contributed by atoms with Gasteiger partial charge in [0.25, 0.3) is 5.91 Å². The molecule has 7 heteroatoms. The van der Waals surface area contributed by atoms with Crippen molar-refractivity contribution < 1.29 is 4.79 Å². The molecule has 4 rings (SSSR count). The first-order valence-electron chi connectivity index (χ1n) is 9.95. The first-order chi connectivity index (χ1) is 14.0. The van der Waals surface area contributed by atoms with Gasteiger partial charge >= 0.3 is 0 Å². The summed E-state index contributed by atoms with van der Waals surface area (Å²) in [5.41, 5.74) is 3.47. The smallest absolute Gasteiger partial charge is 0.257 e. The fraction of sp³-hybridized carbons (Fsp3) is 0.364. The van der Waals surface area contributed by atoms with Crippen LogP contribution in [0, 0.1) is 13.8 Å². The molecule has 3 heterocycles. The first-order valence-corrected chi connectivity index (χ1v) is 9.95. The molecule has 0 saturated carbocycles. The normalized spacial score (nSPS) is 14.8. The van der Waals surface area contributed by atoms with E-state index in [2.05, 4.69) is 27.0 Å². The number of para-hydroxylation sites is 1. The summed E-state index contributed by atoms with van der Waals surface area (Å²) in [4.78, 5) is 25.8. The van der Waals surface area contributed by atoms with Crippen LogP contribution in [0.1, 0.15) is 34.6 Å². The number of aryl methyl sites for hydroxylation is 1. The van der Waals surface area contributed by atoms with E-state index < -0.39 is 0 Å². The van der Waals surface area contributed by atoms with E-state index in [-0.39, 0.29) is 5.91 Å². The van der Waals surface area contributed by atoms with Gasteiger partial charge in [-0.3, -0.25) is 4.79 Å². The van der Waals surface area contributed by atoms with Crippen molar-refractivity contribution in [3.63, 3.8) is 0 Å². The molecule has 7 nitrogen and oxygen atoms in total. The molecule has 0 radical (unpaired) electrons. The van der Waals surface area contributed by atoms with Crippen LogP contribution in [0.3, 0.4) is 0 Å². The van der Waals surface area contributed by atoms with Crippen molar-refractivity contribution in [2.24, 2.45) is 0 Å². The summed E-state index contributed by atoms with van der Waals surface area (Å²) in [6.45, 7) is 5.38. The van der Waals surface area contributed by atoms with Crippen LogP contribution in [0.25, 0.3) is 5.69 Å². The Balaban J connectivity index is 1.43. The third kappa shape index (κ3) is 3.85. The van der Waals surface area contributed by atoms with Crippen LogP contribution in [0.2, 0.25) is 0 Å². The number of anilines is 1. The summed E-state index contributed by atoms with van der Waals surface area (Å²) in [6.07, 6.45) is 5.12. The lowest BCUT2D eigenvalue weighted by atomic mass is 10.0. The monoisotopic (exact) mass is 390 g/mol. The molecule has 0 spiro atoms. The number of likely N-dealkylation sites (tertiary alicyclic amines) is 1. The first kappa shape index (κ1) is 19.1. The van der Waals surface area contributed by atoms with E-state index in [4.69, 9.17) is 0 Å². The number of benzene rings is 1. The van der Waals surface area contributed by atoms with Gasteiger partial charge in [-0.25, -0.2) is 14.6 Å². The molecule has 0 aliphatic carbocycles. The minimum Gasteiger partial charge on any atom is -0.356 e. The van der Waals surface area contributed by atoms with Gasteiger partial charge in [0.15, 0.2) is 0 Å². The number of hydrogen-bond donors (Lipinski definition) is 0. The molecule has 3 aromatic rings. The number of carbonyl (C=O) groups is 1. The Hall–Kier alpha value is -3.22. The van der Waals surface area contributed by atoms with Crippen LogP contribution in [-0.2, 0) is 0 Å². The van der Waals surface area contributed by atoms with Gasteiger partial charge in [0, 0.05) is 37.9 Å². The molecule has 1 saturated heterocycles. The molecule has 1 aromatic carbocycles. The van der Waals surface area contributed by atoms with Crippen molar-refractivity contribution in [1.82, 2.24) is 24.6 Å². The maximum atomic E-state index is 13.1. The van der Waals surface area contributed by atoms with Crippen molar-refractivity contribution >= 4 is 11.7 Å². The molecular weight excluding hydrogens is 364 g/mol. The quantitative estimate of drug-likeness (QED) is 0.685. The second kappa shape index (κ2) is 8.03. The van der Waals surface area contributed by atoms with Crippen LogP contribution in [-0.4, -0.2) is 56.7 Å². The minimum absolute atomic E-state index is 0.0589. The van der Waals surface area contributed by atoms with Crippen molar-refractivity contribution in [2.45, 2.75) is 32.7 Å². The summed E-state index contributed by atoms with van der Waals surface area (Å²) >= 11 is 0. The molecule has 0 unspecified atom stereocenters. The van der Waals surface area contributed by atoms with Crippen LogP contribution in [0.15, 0.2) is 48.9 Å². The number of rotatable bonds is 4. The average molecular weight is 390 g/mol. The van der Waals surface area contributed by atoms with Crippen molar-refractivity contribution in [3.05, 3.63) is 65.9 Å². The maximum absolute atomic E-state index is 13.1. The number of piperidine rings is 1. The molecule has 150 valence electrons. The van der Waals surface area contributed by atoms with Gasteiger partial charge in [-0.15, -0.1) is 0 Å². The Morgan fingerprint density at radius 1 is 1.10 bits per heavy atom. The van der Waals surface area contributed by atoms with E-state index in [1.807, 2.05) is 59.8 Å². The predicted molar refractivity (Wildman–Crippen MR) is 112 cm³/mol. The summed E-state index contributed by atoms with van der Waals surface area (Å²) in [5, 5.41) is 4.44. The minimum atomic E-state index is 0.0589. The van der Waals surface area contributed by atoms with E-state index in [1.165, 1.54) is 0 Å². The molecule has 0 N–H and O–H groups in total. The summed E-state index contributed by atoms with van der Waals surface area (Å²) in [5.74, 6) is 0.992. The number of nitrogens with zero attached hydrogens (tertiary/aromatic N) is 6. The van der Waals surface area contributed by atoms with Gasteiger partial charge in [0.2, 0.25) is 0 Å². The van der Waals surface area contributed by atoms with E-state index in [0.29, 0.717) is 11.6 Å². The highest BCUT2D eigenvalue weighted by molar-refractivity contribution is 5.95. The van der Waals surface area contributed by atoms with Gasteiger partial charge < -0.3 is 9.80 Å². The van der Waals surface area contributed by atoms with Gasteiger partial charge in [-0.1, -0.05) is 18.2 Å². The molecule has 1 aliphatic rings. The largest absolute Gasteiger partial charge is 0.356 e. The Morgan fingerprint density at radius 2 is 1.83 bits per heavy atom. The molecule has 1 amide bonds. The summed E-state index contributed by atoms with van der Waals surface area (Å²) in [7, 11) is 2.07. The maximum Gasteiger partial charge on any atom is 0.257 e. The average Bonchev–Trinajstić information content (AvgIpc) is 3.14. The molecular formula is C22H26N6O. The fourth-order valence-corrected chi connectivity index (χ4v) is 3.90. The summed E-state index contributed by atoms with van der Waals surface area (Å²) in [6, 6.07) is 12.3. The van der Waals surface area contributed by atoms with E-state index >= 15 is 0 Å². The fourth-order valence-electron chi connectivity index (χ4n) is 3.90. The number of amides is 1. The zero-order chi connectivity index (χ0) is 20.4. The molecule has 2 aromatic heterocycles. The molecule has 0 bridgehead atoms. The van der Waals surface area contributed by atoms with Gasteiger partial charge in [0.1, 0.15) is 12.1 Å². The lowest BCUT2D eigenvalue weighted by Gasteiger charge is -2.37. The lowest BCUT2D eigenvalue weighted by molar-refractivity contribution is 0.0712. The Kier molecular flexibility index (Phi) is 5.29.